The van der Waals surface area contributed by atoms with Gasteiger partial charge in [0.1, 0.15) is 18.1 Å². The molecule has 220 valence electrons. The van der Waals surface area contributed by atoms with Gasteiger partial charge in [0.2, 0.25) is 17.7 Å². The molecule has 1 aromatic carbocycles. The zero-order valence-corrected chi connectivity index (χ0v) is 25.1. The molecule has 4 atom stereocenters. The summed E-state index contributed by atoms with van der Waals surface area (Å²) in [6.45, 7) is 9.60. The van der Waals surface area contributed by atoms with E-state index in [9.17, 15) is 24.0 Å². The topological polar surface area (TPSA) is 110 Å². The largest absolute Gasteiger partial charge is 0.378 e. The van der Waals surface area contributed by atoms with E-state index in [0.717, 1.165) is 5.69 Å². The van der Waals surface area contributed by atoms with Gasteiger partial charge >= 0.3 is 0 Å². The predicted molar refractivity (Wildman–Crippen MR) is 154 cm³/mol. The third-order valence-corrected chi connectivity index (χ3v) is 7.89. The van der Waals surface area contributed by atoms with Crippen molar-refractivity contribution in [3.05, 3.63) is 29.8 Å². The monoisotopic (exact) mass is 555 g/mol. The number of ketones is 1. The fourth-order valence-corrected chi connectivity index (χ4v) is 5.69. The van der Waals surface area contributed by atoms with Crippen LogP contribution in [-0.2, 0) is 19.2 Å². The van der Waals surface area contributed by atoms with E-state index < -0.39 is 24.2 Å². The minimum atomic E-state index is -0.796. The Labute approximate surface area is 238 Å². The number of nitrogens with zero attached hydrogens (tertiary/aromatic N) is 4. The van der Waals surface area contributed by atoms with E-state index in [1.54, 1.807) is 29.0 Å². The van der Waals surface area contributed by atoms with Gasteiger partial charge in [-0.05, 0) is 55.4 Å². The van der Waals surface area contributed by atoms with Crippen molar-refractivity contribution in [2.45, 2.75) is 78.0 Å². The van der Waals surface area contributed by atoms with Crippen LogP contribution in [0.4, 0.5) is 5.69 Å². The van der Waals surface area contributed by atoms with Crippen LogP contribution in [0.1, 0.15) is 64.2 Å². The number of fused-ring (bicyclic) bond motifs is 1. The first kappa shape index (κ1) is 31.1. The minimum absolute atomic E-state index is 0.0856. The van der Waals surface area contributed by atoms with Crippen molar-refractivity contribution in [3.63, 3.8) is 0 Å². The van der Waals surface area contributed by atoms with Crippen molar-refractivity contribution < 1.29 is 24.0 Å². The molecule has 0 saturated carbocycles. The highest BCUT2D eigenvalue weighted by atomic mass is 16.2. The standard InChI is InChI=1S/C30H45N5O5/c1-18(2)15-23(31-28(38)21-9-11-22(12-10-21)32(6)7)29(39)34-14-13-24-27(34)26(37)17-35(24)30(40)25(16-19(3)4)33(8)20(5)36/h9-12,18-19,23-25,27H,13-17H2,1-8H3,(H,31,38). The molecule has 2 aliphatic rings. The number of Topliss-reactive ketones (excluding diaryl/α,β-unsaturated/α-hetero) is 1. The normalized spacial score (nSPS) is 20.0. The molecule has 2 fully saturated rings. The molecule has 40 heavy (non-hydrogen) atoms. The van der Waals surface area contributed by atoms with Gasteiger partial charge in [-0.2, -0.15) is 0 Å². The maximum absolute atomic E-state index is 13.8. The number of likely N-dealkylation sites (N-methyl/N-ethyl adjacent to an activating group) is 1. The van der Waals surface area contributed by atoms with E-state index in [1.807, 2.05) is 58.8 Å². The van der Waals surface area contributed by atoms with Crippen LogP contribution in [0.3, 0.4) is 0 Å². The average Bonchev–Trinajstić information content (AvgIpc) is 3.46. The van der Waals surface area contributed by atoms with Crippen molar-refractivity contribution in [1.29, 1.82) is 0 Å². The molecule has 0 radical (unpaired) electrons. The van der Waals surface area contributed by atoms with E-state index in [-0.39, 0.29) is 47.8 Å². The molecule has 0 aromatic heterocycles. The number of nitrogens with one attached hydrogen (secondary N) is 1. The van der Waals surface area contributed by atoms with Crippen LogP contribution in [0.2, 0.25) is 0 Å². The zero-order valence-electron chi connectivity index (χ0n) is 25.1. The van der Waals surface area contributed by atoms with E-state index in [4.69, 9.17) is 0 Å². The molecular weight excluding hydrogens is 510 g/mol. The second kappa shape index (κ2) is 12.8. The van der Waals surface area contributed by atoms with Crippen LogP contribution >= 0.6 is 0 Å². The SMILES string of the molecule is CC(=O)N(C)C(CC(C)C)C(=O)N1CC(=O)C2C1CCN2C(=O)C(CC(C)C)NC(=O)c1ccc(N(C)C)cc1. The summed E-state index contributed by atoms with van der Waals surface area (Å²) >= 11 is 0. The first-order valence-electron chi connectivity index (χ1n) is 14.2. The number of rotatable bonds is 10. The Bertz CT molecular complexity index is 1120. The van der Waals surface area contributed by atoms with E-state index in [0.29, 0.717) is 31.4 Å². The number of carbonyl (C=O) groups excluding carboxylic acids is 5. The number of likely N-dealkylation sites (tertiary alicyclic amines) is 2. The van der Waals surface area contributed by atoms with Crippen molar-refractivity contribution in [2.24, 2.45) is 11.8 Å². The summed E-state index contributed by atoms with van der Waals surface area (Å²) in [6.07, 6.45) is 1.38. The first-order chi connectivity index (χ1) is 18.7. The van der Waals surface area contributed by atoms with E-state index in [2.05, 4.69) is 5.32 Å². The van der Waals surface area contributed by atoms with Crippen molar-refractivity contribution in [3.8, 4) is 0 Å². The summed E-state index contributed by atoms with van der Waals surface area (Å²) in [5.41, 5.74) is 1.41. The molecular formula is C30H45N5O5. The lowest BCUT2D eigenvalue weighted by Crippen LogP contribution is -2.53. The highest BCUT2D eigenvalue weighted by molar-refractivity contribution is 6.01. The van der Waals surface area contributed by atoms with Gasteiger partial charge < -0.3 is 24.9 Å². The van der Waals surface area contributed by atoms with Crippen LogP contribution in [0.25, 0.3) is 0 Å². The van der Waals surface area contributed by atoms with Crippen LogP contribution in [0.5, 0.6) is 0 Å². The summed E-state index contributed by atoms with van der Waals surface area (Å²) < 4.78 is 0. The molecule has 10 nitrogen and oxygen atoms in total. The lowest BCUT2D eigenvalue weighted by Gasteiger charge is -2.33. The van der Waals surface area contributed by atoms with Gasteiger partial charge in [0.05, 0.1) is 12.6 Å². The smallest absolute Gasteiger partial charge is 0.251 e. The maximum Gasteiger partial charge on any atom is 0.251 e. The van der Waals surface area contributed by atoms with Gasteiger partial charge in [0.15, 0.2) is 5.78 Å². The second-order valence-electron chi connectivity index (χ2n) is 12.1. The highest BCUT2D eigenvalue weighted by Crippen LogP contribution is 2.32. The first-order valence-corrected chi connectivity index (χ1v) is 14.2. The molecule has 0 bridgehead atoms. The zero-order chi connectivity index (χ0) is 29.9. The van der Waals surface area contributed by atoms with Crippen molar-refractivity contribution in [1.82, 2.24) is 20.0 Å². The second-order valence-corrected chi connectivity index (χ2v) is 12.1. The van der Waals surface area contributed by atoms with Gasteiger partial charge in [-0.1, -0.05) is 27.7 Å². The molecule has 0 spiro atoms. The fourth-order valence-electron chi connectivity index (χ4n) is 5.69. The molecule has 2 aliphatic heterocycles. The Morgan fingerprint density at radius 3 is 2.05 bits per heavy atom. The third-order valence-electron chi connectivity index (χ3n) is 7.89. The molecule has 3 rings (SSSR count). The summed E-state index contributed by atoms with van der Waals surface area (Å²) in [7, 11) is 5.45. The van der Waals surface area contributed by atoms with Crippen LogP contribution in [0.15, 0.2) is 24.3 Å². The lowest BCUT2D eigenvalue weighted by molar-refractivity contribution is -0.145. The number of benzene rings is 1. The van der Waals surface area contributed by atoms with E-state index >= 15 is 0 Å². The molecule has 4 amide bonds. The predicted octanol–water partition coefficient (Wildman–Crippen LogP) is 2.17. The Morgan fingerprint density at radius 1 is 0.925 bits per heavy atom. The quantitative estimate of drug-likeness (QED) is 0.474. The Kier molecular flexibility index (Phi) is 9.97. The van der Waals surface area contributed by atoms with E-state index in [1.165, 1.54) is 11.8 Å². The third kappa shape index (κ3) is 6.82. The number of hydrogen-bond donors (Lipinski definition) is 1. The summed E-state index contributed by atoms with van der Waals surface area (Å²) in [5, 5.41) is 2.91. The summed E-state index contributed by atoms with van der Waals surface area (Å²) in [4.78, 5) is 72.5. The lowest BCUT2D eigenvalue weighted by atomic mass is 10.00. The van der Waals surface area contributed by atoms with Crippen LogP contribution in [0, 0.1) is 11.8 Å². The summed E-state index contributed by atoms with van der Waals surface area (Å²) in [5.74, 6) is -1.01. The molecule has 1 aromatic rings. The van der Waals surface area contributed by atoms with Gasteiger partial charge in [-0.15, -0.1) is 0 Å². The van der Waals surface area contributed by atoms with Crippen LogP contribution < -0.4 is 10.2 Å². The van der Waals surface area contributed by atoms with Crippen molar-refractivity contribution in [2.75, 3.05) is 39.1 Å². The minimum Gasteiger partial charge on any atom is -0.378 e. The number of carbonyl (C=O) groups is 5. The van der Waals surface area contributed by atoms with Gasteiger partial charge in [0.25, 0.3) is 5.91 Å². The molecule has 10 heteroatoms. The fraction of sp³-hybridized carbons (Fsp3) is 0.633. The molecule has 0 aliphatic carbocycles. The summed E-state index contributed by atoms with van der Waals surface area (Å²) in [6, 6.07) is 4.50. The average molecular weight is 556 g/mol. The number of anilines is 1. The molecule has 2 saturated heterocycles. The van der Waals surface area contributed by atoms with Crippen LogP contribution in [-0.4, -0.2) is 103 Å². The van der Waals surface area contributed by atoms with Gasteiger partial charge in [-0.25, -0.2) is 0 Å². The van der Waals surface area contributed by atoms with Gasteiger partial charge in [0, 0.05) is 45.9 Å². The Morgan fingerprint density at radius 2 is 1.52 bits per heavy atom. The van der Waals surface area contributed by atoms with Gasteiger partial charge in [-0.3, -0.25) is 24.0 Å². The maximum atomic E-state index is 13.8. The number of hydrogen-bond acceptors (Lipinski definition) is 6. The van der Waals surface area contributed by atoms with Crippen molar-refractivity contribution >= 4 is 35.1 Å². The molecule has 4 unspecified atom stereocenters. The number of amides is 4. The molecule has 2 heterocycles. The highest BCUT2D eigenvalue weighted by Gasteiger charge is 2.53. The Hall–Kier alpha value is -3.43. The molecule has 1 N–H and O–H groups in total. The Balaban J connectivity index is 1.79.